The lowest BCUT2D eigenvalue weighted by atomic mass is 10.2. The van der Waals surface area contributed by atoms with Gasteiger partial charge in [-0.05, 0) is 23.7 Å². The summed E-state index contributed by atoms with van der Waals surface area (Å²) in [6, 6.07) is 6.23. The molecular weight excluding hydrogens is 178 g/mol. The van der Waals surface area contributed by atoms with Crippen LogP contribution in [-0.2, 0) is 0 Å². The molecule has 1 atom stereocenters. The summed E-state index contributed by atoms with van der Waals surface area (Å²) in [7, 11) is 1.47. The van der Waals surface area contributed by atoms with Crippen LogP contribution in [0.5, 0.6) is 0 Å². The Balaban J connectivity index is 2.93. The summed E-state index contributed by atoms with van der Waals surface area (Å²) in [6.07, 6.45) is 0. The fourth-order valence-corrected chi connectivity index (χ4v) is 0.962. The molecule has 3 nitrogen and oxygen atoms in total. The van der Waals surface area contributed by atoms with Crippen molar-refractivity contribution in [3.63, 3.8) is 0 Å². The molecule has 0 amide bonds. The van der Waals surface area contributed by atoms with E-state index in [0.717, 1.165) is 0 Å². The van der Waals surface area contributed by atoms with Gasteiger partial charge < -0.3 is 10.3 Å². The van der Waals surface area contributed by atoms with Crippen LogP contribution in [0.25, 0.3) is 0 Å². The first-order valence-corrected chi connectivity index (χ1v) is 3.80. The molecule has 0 aliphatic rings. The van der Waals surface area contributed by atoms with Crippen LogP contribution in [0.4, 0.5) is 5.69 Å². The Kier molecular flexibility index (Phi) is 2.81. The molecule has 0 aliphatic carbocycles. The van der Waals surface area contributed by atoms with Gasteiger partial charge in [0.25, 0.3) is 5.24 Å². The van der Waals surface area contributed by atoms with Gasteiger partial charge in [0.1, 0.15) is 5.69 Å². The van der Waals surface area contributed by atoms with Crippen LogP contribution in [0.1, 0.15) is 10.4 Å². The molecule has 1 N–H and O–H groups in total. The Morgan fingerprint density at radius 1 is 1.42 bits per heavy atom. The summed E-state index contributed by atoms with van der Waals surface area (Å²) in [4.78, 5) is 10.6. The third-order valence-corrected chi connectivity index (χ3v) is 1.74. The minimum atomic E-state index is -0.509. The molecule has 0 aliphatic heterocycles. The second-order valence-corrected chi connectivity index (χ2v) is 2.75. The number of hydrogen-bond acceptors (Lipinski definition) is 2. The lowest BCUT2D eigenvalue weighted by Gasteiger charge is -2.14. The highest BCUT2D eigenvalue weighted by molar-refractivity contribution is 6.67. The van der Waals surface area contributed by atoms with Gasteiger partial charge in [0.2, 0.25) is 0 Å². The lowest BCUT2D eigenvalue weighted by Crippen LogP contribution is -2.98. The lowest BCUT2D eigenvalue weighted by molar-refractivity contribution is -0.751. The average Bonchev–Trinajstić information content (AvgIpc) is 2.04. The van der Waals surface area contributed by atoms with Crippen LogP contribution in [0.2, 0.25) is 0 Å². The van der Waals surface area contributed by atoms with E-state index in [-0.39, 0.29) is 5.06 Å². The van der Waals surface area contributed by atoms with Gasteiger partial charge in [-0.3, -0.25) is 4.79 Å². The molecule has 12 heavy (non-hydrogen) atoms. The topological polar surface area (TPSA) is 44.6 Å². The maximum Gasteiger partial charge on any atom is 0.252 e. The number of nitrogens with one attached hydrogen (secondary N) is 1. The van der Waals surface area contributed by atoms with Gasteiger partial charge in [-0.15, -0.1) is 0 Å². The fourth-order valence-electron chi connectivity index (χ4n) is 0.836. The van der Waals surface area contributed by atoms with Crippen molar-refractivity contribution in [2.24, 2.45) is 0 Å². The monoisotopic (exact) mass is 185 g/mol. The summed E-state index contributed by atoms with van der Waals surface area (Å²) in [5.41, 5.74) is 0.985. The summed E-state index contributed by atoms with van der Waals surface area (Å²) in [5, 5.41) is 10.3. The third kappa shape index (κ3) is 2.04. The Morgan fingerprint density at radius 3 is 2.25 bits per heavy atom. The van der Waals surface area contributed by atoms with Gasteiger partial charge in [-0.2, -0.15) is 0 Å². The molecule has 64 valence electrons. The SMILES string of the molecule is C[NH+]([O-])c1ccc(C(=O)Cl)cc1. The van der Waals surface area contributed by atoms with Gasteiger partial charge >= 0.3 is 0 Å². The van der Waals surface area contributed by atoms with Gasteiger partial charge in [0.15, 0.2) is 0 Å². The van der Waals surface area contributed by atoms with Gasteiger partial charge in [0.05, 0.1) is 7.05 Å². The van der Waals surface area contributed by atoms with Crippen molar-refractivity contribution in [3.05, 3.63) is 35.0 Å². The second kappa shape index (κ2) is 3.67. The Morgan fingerprint density at radius 2 is 1.92 bits per heavy atom. The number of carbonyl (C=O) groups is 1. The van der Waals surface area contributed by atoms with E-state index in [1.54, 1.807) is 12.1 Å². The zero-order chi connectivity index (χ0) is 9.14. The van der Waals surface area contributed by atoms with E-state index in [1.165, 1.54) is 19.2 Å². The first-order chi connectivity index (χ1) is 5.61. The third-order valence-electron chi connectivity index (χ3n) is 1.52. The van der Waals surface area contributed by atoms with E-state index in [2.05, 4.69) is 0 Å². The van der Waals surface area contributed by atoms with Gasteiger partial charge in [-0.1, -0.05) is 0 Å². The van der Waals surface area contributed by atoms with Crippen LogP contribution in [0, 0.1) is 5.21 Å². The summed E-state index contributed by atoms with van der Waals surface area (Å²) in [6.45, 7) is 0. The molecule has 0 spiro atoms. The molecule has 1 aromatic carbocycles. The van der Waals surface area contributed by atoms with Crippen LogP contribution in [-0.4, -0.2) is 12.3 Å². The number of hydrogen-bond donors (Lipinski definition) is 1. The number of quaternary nitrogens is 1. The van der Waals surface area contributed by atoms with Crippen molar-refractivity contribution in [3.8, 4) is 0 Å². The van der Waals surface area contributed by atoms with Crippen LogP contribution in [0.3, 0.4) is 0 Å². The van der Waals surface area contributed by atoms with Crippen molar-refractivity contribution in [1.29, 1.82) is 0 Å². The molecule has 4 heteroatoms. The molecular formula is C8H8ClNO2. The molecule has 0 bridgehead atoms. The molecule has 0 heterocycles. The second-order valence-electron chi connectivity index (χ2n) is 2.41. The van der Waals surface area contributed by atoms with Crippen molar-refractivity contribution in [2.75, 3.05) is 7.05 Å². The smallest absolute Gasteiger partial charge is 0.252 e. The molecule has 0 radical (unpaired) electrons. The number of benzene rings is 1. The number of carbonyl (C=O) groups excluding carboxylic acids is 1. The van der Waals surface area contributed by atoms with Crippen LogP contribution >= 0.6 is 11.6 Å². The first-order valence-electron chi connectivity index (χ1n) is 3.42. The molecule has 1 unspecified atom stereocenters. The maximum absolute atomic E-state index is 10.8. The standard InChI is InChI=1S/C8H8ClNO2/c1-10(12)7-4-2-6(3-5-7)8(9)11/h2-5,10H,1H3. The minimum absolute atomic E-state index is 0.0245. The van der Waals surface area contributed by atoms with E-state index in [4.69, 9.17) is 11.6 Å². The quantitative estimate of drug-likeness (QED) is 0.545. The van der Waals surface area contributed by atoms with E-state index >= 15 is 0 Å². The van der Waals surface area contributed by atoms with Crippen molar-refractivity contribution < 1.29 is 9.86 Å². The van der Waals surface area contributed by atoms with Gasteiger partial charge in [-0.25, -0.2) is 0 Å². The number of hydroxylamine groups is 1. The number of halogens is 1. The highest BCUT2D eigenvalue weighted by atomic mass is 35.5. The van der Waals surface area contributed by atoms with Crippen LogP contribution in [0.15, 0.2) is 24.3 Å². The molecule has 0 fully saturated rings. The predicted molar refractivity (Wildman–Crippen MR) is 46.5 cm³/mol. The molecule has 1 aromatic rings. The van der Waals surface area contributed by atoms with Crippen molar-refractivity contribution in [2.45, 2.75) is 0 Å². The Hall–Kier alpha value is -0.900. The zero-order valence-corrected chi connectivity index (χ0v) is 7.26. The molecule has 0 saturated heterocycles. The first kappa shape index (κ1) is 9.19. The van der Waals surface area contributed by atoms with Crippen molar-refractivity contribution in [1.82, 2.24) is 0 Å². The maximum atomic E-state index is 10.8. The zero-order valence-electron chi connectivity index (χ0n) is 6.50. The van der Waals surface area contributed by atoms with E-state index < -0.39 is 5.24 Å². The summed E-state index contributed by atoms with van der Waals surface area (Å²) in [5.74, 6) is 0. The summed E-state index contributed by atoms with van der Waals surface area (Å²) < 4.78 is 0. The summed E-state index contributed by atoms with van der Waals surface area (Å²) >= 11 is 5.21. The highest BCUT2D eigenvalue weighted by Crippen LogP contribution is 2.07. The van der Waals surface area contributed by atoms with Crippen LogP contribution < -0.4 is 5.06 Å². The van der Waals surface area contributed by atoms with E-state index in [1.807, 2.05) is 0 Å². The molecule has 0 aromatic heterocycles. The highest BCUT2D eigenvalue weighted by Gasteiger charge is 2.02. The van der Waals surface area contributed by atoms with E-state index in [0.29, 0.717) is 11.3 Å². The number of rotatable bonds is 2. The van der Waals surface area contributed by atoms with Gasteiger partial charge in [0, 0.05) is 17.7 Å². The van der Waals surface area contributed by atoms with Crippen molar-refractivity contribution >= 4 is 22.5 Å². The van der Waals surface area contributed by atoms with E-state index in [9.17, 15) is 10.0 Å². The average molecular weight is 186 g/mol. The normalized spacial score (nSPS) is 12.6. The predicted octanol–water partition coefficient (Wildman–Crippen LogP) is 0.710. The Labute approximate surface area is 75.1 Å². The molecule has 0 saturated carbocycles. The molecule has 1 rings (SSSR count). The minimum Gasteiger partial charge on any atom is -0.629 e. The Bertz CT molecular complexity index is 282. The fraction of sp³-hybridized carbons (Fsp3) is 0.125. The largest absolute Gasteiger partial charge is 0.629 e.